The standard InChI is InChI=1S/C10H15ClN4O/c11-8-9(13-7-14-10(8)16)12-3-6-15-4-1-2-5-15/h7H,1-6H2,(H2,12,13,14,16). The van der Waals surface area contributed by atoms with Crippen LogP contribution in [0.3, 0.4) is 0 Å². The molecule has 1 aliphatic rings. The van der Waals surface area contributed by atoms with Crippen LogP contribution in [0.2, 0.25) is 5.02 Å². The molecule has 2 N–H and O–H groups in total. The molecule has 1 saturated heterocycles. The predicted octanol–water partition coefficient (Wildman–Crippen LogP) is 0.931. The monoisotopic (exact) mass is 242 g/mol. The van der Waals surface area contributed by atoms with Crippen LogP contribution in [0.25, 0.3) is 0 Å². The molecule has 88 valence electrons. The van der Waals surface area contributed by atoms with Crippen LogP contribution >= 0.6 is 11.6 Å². The molecule has 0 aliphatic carbocycles. The van der Waals surface area contributed by atoms with Crippen molar-refractivity contribution in [2.75, 3.05) is 31.5 Å². The van der Waals surface area contributed by atoms with E-state index in [0.717, 1.165) is 26.2 Å². The molecule has 0 radical (unpaired) electrons. The van der Waals surface area contributed by atoms with Crippen LogP contribution in [0.15, 0.2) is 11.1 Å². The largest absolute Gasteiger partial charge is 0.367 e. The van der Waals surface area contributed by atoms with Gasteiger partial charge in [-0.05, 0) is 25.9 Å². The first-order chi connectivity index (χ1) is 7.77. The lowest BCUT2D eigenvalue weighted by molar-refractivity contribution is 0.352. The van der Waals surface area contributed by atoms with Crippen LogP contribution in [0.5, 0.6) is 0 Å². The van der Waals surface area contributed by atoms with Crippen molar-refractivity contribution in [2.45, 2.75) is 12.8 Å². The van der Waals surface area contributed by atoms with Gasteiger partial charge in [-0.1, -0.05) is 11.6 Å². The van der Waals surface area contributed by atoms with Gasteiger partial charge in [0.25, 0.3) is 5.56 Å². The first kappa shape index (κ1) is 11.4. The Morgan fingerprint density at radius 3 is 3.00 bits per heavy atom. The first-order valence-corrected chi connectivity index (χ1v) is 5.84. The van der Waals surface area contributed by atoms with Crippen LogP contribution in [-0.2, 0) is 0 Å². The highest BCUT2D eigenvalue weighted by Crippen LogP contribution is 2.12. The van der Waals surface area contributed by atoms with E-state index in [4.69, 9.17) is 11.6 Å². The fourth-order valence-electron chi connectivity index (χ4n) is 1.84. The van der Waals surface area contributed by atoms with E-state index in [-0.39, 0.29) is 10.6 Å². The lowest BCUT2D eigenvalue weighted by Gasteiger charge is -2.15. The molecule has 0 amide bonds. The quantitative estimate of drug-likeness (QED) is 0.825. The molecule has 1 fully saturated rings. The lowest BCUT2D eigenvalue weighted by Crippen LogP contribution is -2.26. The van der Waals surface area contributed by atoms with Gasteiger partial charge in [-0.15, -0.1) is 0 Å². The van der Waals surface area contributed by atoms with E-state index in [1.807, 2.05) is 0 Å². The highest BCUT2D eigenvalue weighted by Gasteiger charge is 2.11. The van der Waals surface area contributed by atoms with Gasteiger partial charge in [-0.2, -0.15) is 0 Å². The summed E-state index contributed by atoms with van der Waals surface area (Å²) in [6, 6.07) is 0. The number of aromatic nitrogens is 2. The normalized spacial score (nSPS) is 16.6. The zero-order valence-electron chi connectivity index (χ0n) is 9.00. The Bertz CT molecular complexity index is 400. The maximum Gasteiger partial charge on any atom is 0.271 e. The third kappa shape index (κ3) is 2.74. The maximum absolute atomic E-state index is 11.2. The van der Waals surface area contributed by atoms with Crippen LogP contribution in [-0.4, -0.2) is 41.0 Å². The second-order valence-corrected chi connectivity index (χ2v) is 4.25. The van der Waals surface area contributed by atoms with Gasteiger partial charge in [0, 0.05) is 13.1 Å². The van der Waals surface area contributed by atoms with Gasteiger partial charge in [-0.25, -0.2) is 4.98 Å². The van der Waals surface area contributed by atoms with E-state index >= 15 is 0 Å². The van der Waals surface area contributed by atoms with Gasteiger partial charge in [0.2, 0.25) is 0 Å². The molecule has 0 bridgehead atoms. The van der Waals surface area contributed by atoms with Gasteiger partial charge in [-0.3, -0.25) is 4.79 Å². The van der Waals surface area contributed by atoms with Crippen molar-refractivity contribution >= 4 is 17.4 Å². The number of aromatic amines is 1. The zero-order valence-corrected chi connectivity index (χ0v) is 9.76. The van der Waals surface area contributed by atoms with Crippen LogP contribution in [0.4, 0.5) is 5.82 Å². The van der Waals surface area contributed by atoms with Gasteiger partial charge in [0.15, 0.2) is 5.82 Å². The minimum absolute atomic E-state index is 0.129. The third-order valence-electron chi connectivity index (χ3n) is 2.72. The van der Waals surface area contributed by atoms with E-state index < -0.39 is 0 Å². The zero-order chi connectivity index (χ0) is 11.4. The second kappa shape index (κ2) is 5.32. The molecule has 0 aromatic carbocycles. The Balaban J connectivity index is 1.84. The molecule has 1 aromatic rings. The topological polar surface area (TPSA) is 61.0 Å². The number of nitrogens with zero attached hydrogens (tertiary/aromatic N) is 2. The molecule has 5 nitrogen and oxygen atoms in total. The Hall–Kier alpha value is -1.07. The van der Waals surface area contributed by atoms with Crippen molar-refractivity contribution < 1.29 is 0 Å². The van der Waals surface area contributed by atoms with E-state index in [2.05, 4.69) is 20.2 Å². The Kier molecular flexibility index (Phi) is 3.79. The van der Waals surface area contributed by atoms with Gasteiger partial charge in [0.05, 0.1) is 6.33 Å². The smallest absolute Gasteiger partial charge is 0.271 e. The number of nitrogens with one attached hydrogen (secondary N) is 2. The summed E-state index contributed by atoms with van der Waals surface area (Å²) in [7, 11) is 0. The highest BCUT2D eigenvalue weighted by atomic mass is 35.5. The number of anilines is 1. The molecule has 2 rings (SSSR count). The minimum Gasteiger partial charge on any atom is -0.367 e. The average molecular weight is 243 g/mol. The Labute approximate surface area is 98.8 Å². The van der Waals surface area contributed by atoms with Crippen LogP contribution in [0.1, 0.15) is 12.8 Å². The van der Waals surface area contributed by atoms with Crippen molar-refractivity contribution in [2.24, 2.45) is 0 Å². The van der Waals surface area contributed by atoms with Gasteiger partial charge < -0.3 is 15.2 Å². The summed E-state index contributed by atoms with van der Waals surface area (Å²) in [6.07, 6.45) is 3.92. The summed E-state index contributed by atoms with van der Waals surface area (Å²) < 4.78 is 0. The van der Waals surface area contributed by atoms with Gasteiger partial charge in [0.1, 0.15) is 5.02 Å². The first-order valence-electron chi connectivity index (χ1n) is 5.47. The van der Waals surface area contributed by atoms with Crippen molar-refractivity contribution in [3.8, 4) is 0 Å². The molecule has 1 aliphatic heterocycles. The van der Waals surface area contributed by atoms with Crippen molar-refractivity contribution in [3.63, 3.8) is 0 Å². The average Bonchev–Trinajstić information content (AvgIpc) is 2.77. The fraction of sp³-hybridized carbons (Fsp3) is 0.600. The molecular weight excluding hydrogens is 228 g/mol. The van der Waals surface area contributed by atoms with Crippen molar-refractivity contribution in [1.29, 1.82) is 0 Å². The number of likely N-dealkylation sites (tertiary alicyclic amines) is 1. The summed E-state index contributed by atoms with van der Waals surface area (Å²) in [6.45, 7) is 4.05. The molecular formula is C10H15ClN4O. The van der Waals surface area contributed by atoms with E-state index in [0.29, 0.717) is 5.82 Å². The Morgan fingerprint density at radius 2 is 2.25 bits per heavy atom. The molecule has 0 atom stereocenters. The lowest BCUT2D eigenvalue weighted by atomic mass is 10.4. The highest BCUT2D eigenvalue weighted by molar-refractivity contribution is 6.32. The molecule has 0 spiro atoms. The van der Waals surface area contributed by atoms with Crippen molar-refractivity contribution in [3.05, 3.63) is 21.7 Å². The third-order valence-corrected chi connectivity index (χ3v) is 3.07. The molecule has 1 aromatic heterocycles. The van der Waals surface area contributed by atoms with Crippen LogP contribution < -0.4 is 10.9 Å². The number of hydrogen-bond acceptors (Lipinski definition) is 4. The fourth-order valence-corrected chi connectivity index (χ4v) is 2.02. The molecule has 16 heavy (non-hydrogen) atoms. The Morgan fingerprint density at radius 1 is 1.50 bits per heavy atom. The summed E-state index contributed by atoms with van der Waals surface area (Å²) in [5.74, 6) is 0.463. The molecule has 0 unspecified atom stereocenters. The number of hydrogen-bond donors (Lipinski definition) is 2. The van der Waals surface area contributed by atoms with E-state index in [1.165, 1.54) is 19.2 Å². The second-order valence-electron chi connectivity index (χ2n) is 3.87. The minimum atomic E-state index is -0.305. The summed E-state index contributed by atoms with van der Waals surface area (Å²) in [4.78, 5) is 20.0. The van der Waals surface area contributed by atoms with Crippen LogP contribution in [0, 0.1) is 0 Å². The van der Waals surface area contributed by atoms with E-state index in [9.17, 15) is 4.79 Å². The summed E-state index contributed by atoms with van der Waals surface area (Å²) >= 11 is 5.81. The molecule has 2 heterocycles. The number of H-pyrrole nitrogens is 1. The van der Waals surface area contributed by atoms with Gasteiger partial charge >= 0.3 is 0 Å². The van der Waals surface area contributed by atoms with E-state index in [1.54, 1.807) is 0 Å². The van der Waals surface area contributed by atoms with Crippen molar-refractivity contribution in [1.82, 2.24) is 14.9 Å². The SMILES string of the molecule is O=c1[nH]cnc(NCCN2CCCC2)c1Cl. The number of rotatable bonds is 4. The maximum atomic E-state index is 11.2. The number of halogens is 1. The predicted molar refractivity (Wildman–Crippen MR) is 64.0 cm³/mol. The summed E-state index contributed by atoms with van der Waals surface area (Å²) in [5.41, 5.74) is -0.305. The summed E-state index contributed by atoms with van der Waals surface area (Å²) in [5, 5.41) is 3.20. The molecule has 0 saturated carbocycles. The molecule has 6 heteroatoms.